The number of benzene rings is 9. The molecule has 10 rings (SSSR count). The molecule has 9 aromatic carbocycles. The van der Waals surface area contributed by atoms with E-state index >= 15 is 0 Å². The van der Waals surface area contributed by atoms with Gasteiger partial charge in [-0.25, -0.2) is 0 Å². The Morgan fingerprint density at radius 2 is 1.19 bits per heavy atom. The minimum Gasteiger partial charge on any atom is -0.456 e. The molecular weight excluding hydrogens is 520 g/mol. The van der Waals surface area contributed by atoms with Crippen molar-refractivity contribution in [2.24, 2.45) is 0 Å². The predicted octanol–water partition coefficient (Wildman–Crippen LogP) is 12.0. The van der Waals surface area contributed by atoms with Crippen LogP contribution < -0.4 is 4.74 Å². The van der Waals surface area contributed by atoms with E-state index in [4.69, 9.17) is 13.0 Å². The topological polar surface area (TPSA) is 9.23 Å². The Kier molecular flexibility index (Phi) is 3.16. The third kappa shape index (κ3) is 3.17. The molecule has 0 saturated carbocycles. The normalized spacial score (nSPS) is 15.3. The largest absolute Gasteiger partial charge is 0.456 e. The standard InChI is InChI=1S/C42H24O/c1-2-11-31-25(6-1)16-21-34(32-20-17-29-15-14-27-7-3-8-28-18-22-35(32)42(29)39(27)28)40(31)30-19-23-37-36(24-30)33-12-4-9-26-10-5-13-38(43-37)41(26)33/h1-24H/i3D,7D,8D,14D,15D,17D,18D,20D,22D. The molecule has 198 valence electrons. The van der Waals surface area contributed by atoms with E-state index in [2.05, 4.69) is 24.3 Å². The molecule has 0 unspecified atom stereocenters. The Morgan fingerprint density at radius 1 is 0.419 bits per heavy atom. The van der Waals surface area contributed by atoms with Crippen molar-refractivity contribution >= 4 is 53.9 Å². The first-order valence-electron chi connectivity index (χ1n) is 18.6. The molecule has 0 saturated heterocycles. The summed E-state index contributed by atoms with van der Waals surface area (Å²) in [5.41, 5.74) is 4.19. The quantitative estimate of drug-likeness (QED) is 0.193. The predicted molar refractivity (Wildman–Crippen MR) is 182 cm³/mol. The molecule has 0 aliphatic carbocycles. The van der Waals surface area contributed by atoms with Crippen LogP contribution in [0.15, 0.2) is 145 Å². The number of ether oxygens (including phenoxy) is 1. The number of fused-ring (bicyclic) bond motifs is 3. The van der Waals surface area contributed by atoms with E-state index in [1.54, 1.807) is 0 Å². The molecule has 0 amide bonds. The zero-order valence-electron chi connectivity index (χ0n) is 31.6. The van der Waals surface area contributed by atoms with Crippen LogP contribution >= 0.6 is 0 Å². The van der Waals surface area contributed by atoms with Gasteiger partial charge in [-0.05, 0) is 94.5 Å². The van der Waals surface area contributed by atoms with E-state index < -0.39 is 30.2 Å². The summed E-state index contributed by atoms with van der Waals surface area (Å²) in [4.78, 5) is 0. The Hall–Kier alpha value is -5.66. The summed E-state index contributed by atoms with van der Waals surface area (Å²) in [7, 11) is 0. The van der Waals surface area contributed by atoms with Crippen molar-refractivity contribution < 1.29 is 17.1 Å². The van der Waals surface area contributed by atoms with Crippen LogP contribution in [-0.2, 0) is 0 Å². The minimum absolute atomic E-state index is 0.0451. The van der Waals surface area contributed by atoms with Crippen LogP contribution in [0.5, 0.6) is 11.5 Å². The molecule has 1 heteroatoms. The van der Waals surface area contributed by atoms with Gasteiger partial charge in [-0.3, -0.25) is 0 Å². The Bertz CT molecular complexity index is 3070. The smallest absolute Gasteiger partial charge is 0.135 e. The molecule has 0 fully saturated rings. The van der Waals surface area contributed by atoms with Crippen LogP contribution in [0, 0.1) is 0 Å². The SMILES string of the molecule is [2H]c1c([2H])c2c([2H])c([2H])c3c([2H])c([2H])c(-c4ccc5ccccc5c4-c4ccc5c(c4)-c4cccc6cccc(c46)O5)c4c([2H])c([2H])c(c1[2H])c2c34. The molecule has 1 nitrogen and oxygen atoms in total. The van der Waals surface area contributed by atoms with Crippen LogP contribution in [0.3, 0.4) is 0 Å². The van der Waals surface area contributed by atoms with Gasteiger partial charge in [0.2, 0.25) is 0 Å². The van der Waals surface area contributed by atoms with Crippen molar-refractivity contribution in [1.82, 2.24) is 0 Å². The zero-order valence-corrected chi connectivity index (χ0v) is 22.6. The molecule has 1 heterocycles. The van der Waals surface area contributed by atoms with Gasteiger partial charge < -0.3 is 4.74 Å². The molecule has 1 aliphatic heterocycles. The van der Waals surface area contributed by atoms with Crippen molar-refractivity contribution in [2.45, 2.75) is 0 Å². The third-order valence-corrected chi connectivity index (χ3v) is 8.66. The Balaban J connectivity index is 1.38. The molecule has 0 atom stereocenters. The fourth-order valence-electron chi connectivity index (χ4n) is 6.77. The average molecular weight is 554 g/mol. The maximum Gasteiger partial charge on any atom is 0.135 e. The Labute approximate surface area is 261 Å². The first kappa shape index (κ1) is 16.1. The summed E-state index contributed by atoms with van der Waals surface area (Å²) >= 11 is 0. The van der Waals surface area contributed by atoms with E-state index in [-0.39, 0.29) is 62.1 Å². The molecule has 0 N–H and O–H groups in total. The fraction of sp³-hybridized carbons (Fsp3) is 0. The molecule has 0 aromatic heterocycles. The molecule has 1 aliphatic rings. The maximum atomic E-state index is 9.48. The summed E-state index contributed by atoms with van der Waals surface area (Å²) in [5, 5.41) is 4.12. The molecule has 0 bridgehead atoms. The van der Waals surface area contributed by atoms with Gasteiger partial charge in [0.05, 0.1) is 12.3 Å². The van der Waals surface area contributed by atoms with E-state index in [9.17, 15) is 4.11 Å². The highest BCUT2D eigenvalue weighted by atomic mass is 16.5. The van der Waals surface area contributed by atoms with Crippen molar-refractivity contribution in [3.63, 3.8) is 0 Å². The molecular formula is C42H24O. The van der Waals surface area contributed by atoms with Crippen LogP contribution in [0.2, 0.25) is 0 Å². The zero-order chi connectivity index (χ0) is 35.9. The van der Waals surface area contributed by atoms with Crippen LogP contribution in [0.1, 0.15) is 12.3 Å². The highest BCUT2D eigenvalue weighted by Crippen LogP contribution is 2.50. The van der Waals surface area contributed by atoms with E-state index in [0.29, 0.717) is 11.3 Å². The van der Waals surface area contributed by atoms with Gasteiger partial charge in [0, 0.05) is 10.9 Å². The summed E-state index contributed by atoms with van der Waals surface area (Å²) in [6.07, 6.45) is 0. The lowest BCUT2D eigenvalue weighted by Crippen LogP contribution is -1.98. The first-order chi connectivity index (χ1) is 25.1. The maximum absolute atomic E-state index is 9.48. The number of hydrogen-bond donors (Lipinski definition) is 0. The second-order valence-electron chi connectivity index (χ2n) is 10.9. The lowest BCUT2D eigenvalue weighted by atomic mass is 9.84. The molecule has 9 aromatic rings. The third-order valence-electron chi connectivity index (χ3n) is 8.66. The van der Waals surface area contributed by atoms with Gasteiger partial charge in [-0.15, -0.1) is 0 Å². The van der Waals surface area contributed by atoms with E-state index in [1.165, 1.54) is 0 Å². The molecule has 0 spiro atoms. The van der Waals surface area contributed by atoms with Gasteiger partial charge in [0.15, 0.2) is 0 Å². The summed E-state index contributed by atoms with van der Waals surface area (Å²) in [6.45, 7) is 0. The average Bonchev–Trinajstić information content (AvgIpc) is 3.15. The fourth-order valence-corrected chi connectivity index (χ4v) is 6.77. The van der Waals surface area contributed by atoms with E-state index in [1.807, 2.05) is 66.7 Å². The van der Waals surface area contributed by atoms with Crippen molar-refractivity contribution in [3.05, 3.63) is 145 Å². The van der Waals surface area contributed by atoms with Crippen LogP contribution in [0.4, 0.5) is 0 Å². The Morgan fingerprint density at radius 3 is 2.09 bits per heavy atom. The van der Waals surface area contributed by atoms with Gasteiger partial charge in [-0.2, -0.15) is 0 Å². The van der Waals surface area contributed by atoms with Crippen LogP contribution in [-0.4, -0.2) is 0 Å². The van der Waals surface area contributed by atoms with Gasteiger partial charge >= 0.3 is 0 Å². The molecule has 43 heavy (non-hydrogen) atoms. The van der Waals surface area contributed by atoms with Crippen LogP contribution in [0.25, 0.3) is 87.2 Å². The van der Waals surface area contributed by atoms with Crippen molar-refractivity contribution in [1.29, 1.82) is 0 Å². The number of hydrogen-bond acceptors (Lipinski definition) is 1. The van der Waals surface area contributed by atoms with Crippen molar-refractivity contribution in [2.75, 3.05) is 0 Å². The highest BCUT2D eigenvalue weighted by Gasteiger charge is 2.22. The highest BCUT2D eigenvalue weighted by molar-refractivity contribution is 6.26. The van der Waals surface area contributed by atoms with Gasteiger partial charge in [-0.1, -0.05) is 127 Å². The lowest BCUT2D eigenvalue weighted by Gasteiger charge is -2.23. The second-order valence-corrected chi connectivity index (χ2v) is 10.9. The number of rotatable bonds is 2. The van der Waals surface area contributed by atoms with Gasteiger partial charge in [0.1, 0.15) is 11.5 Å². The van der Waals surface area contributed by atoms with Gasteiger partial charge in [0.25, 0.3) is 0 Å². The first-order valence-corrected chi connectivity index (χ1v) is 14.1. The second kappa shape index (κ2) is 8.44. The molecule has 0 radical (unpaired) electrons. The summed E-state index contributed by atoms with van der Waals surface area (Å²) < 4.78 is 87.4. The summed E-state index contributed by atoms with van der Waals surface area (Å²) in [5.74, 6) is 1.47. The minimum atomic E-state index is -0.495. The summed E-state index contributed by atoms with van der Waals surface area (Å²) in [6, 6.07) is 26.3. The van der Waals surface area contributed by atoms with Crippen molar-refractivity contribution in [3.8, 4) is 44.9 Å². The lowest BCUT2D eigenvalue weighted by molar-refractivity contribution is 0.487. The van der Waals surface area contributed by atoms with E-state index in [0.717, 1.165) is 49.5 Å². The monoisotopic (exact) mass is 553 g/mol.